The second kappa shape index (κ2) is 13.0. The van der Waals surface area contributed by atoms with E-state index in [2.05, 4.69) is 46.2 Å². The fraction of sp³-hybridized carbons (Fsp3) is 0.469. The number of nitrogens with zero attached hydrogens (tertiary/aromatic N) is 3. The Kier molecular flexibility index (Phi) is 8.96. The van der Waals surface area contributed by atoms with Crippen LogP contribution < -0.4 is 9.64 Å². The molecule has 2 saturated heterocycles. The molecule has 5 heteroatoms. The molecule has 3 aromatic rings. The number of rotatable bonds is 7. The van der Waals surface area contributed by atoms with Crippen LogP contribution in [0.2, 0.25) is 0 Å². The number of benzene rings is 3. The third-order valence-corrected chi connectivity index (χ3v) is 7.87. The van der Waals surface area contributed by atoms with Gasteiger partial charge in [0.15, 0.2) is 0 Å². The molecular formula is C32H41N3O2. The molecule has 37 heavy (non-hydrogen) atoms. The lowest BCUT2D eigenvalue weighted by molar-refractivity contribution is 0.0749. The zero-order chi connectivity index (χ0) is 25.3. The summed E-state index contributed by atoms with van der Waals surface area (Å²) in [5.41, 5.74) is 2.00. The Hall–Kier alpha value is -3.05. The molecule has 3 aromatic carbocycles. The summed E-state index contributed by atoms with van der Waals surface area (Å²) in [4.78, 5) is 20.2. The number of carbonyl (C=O) groups is 1. The highest BCUT2D eigenvalue weighted by molar-refractivity contribution is 6.07. The lowest BCUT2D eigenvalue weighted by atomic mass is 10.0. The number of amides is 1. The Bertz CT molecular complexity index is 1120. The van der Waals surface area contributed by atoms with E-state index in [0.717, 1.165) is 67.8 Å². The monoisotopic (exact) mass is 499 g/mol. The number of piperazine rings is 1. The highest BCUT2D eigenvalue weighted by atomic mass is 16.5. The van der Waals surface area contributed by atoms with Gasteiger partial charge in [-0.1, -0.05) is 62.1 Å². The van der Waals surface area contributed by atoms with Gasteiger partial charge in [-0.2, -0.15) is 0 Å². The average Bonchev–Trinajstić information content (AvgIpc) is 3.09. The highest BCUT2D eigenvalue weighted by Crippen LogP contribution is 2.24. The Morgan fingerprint density at radius 3 is 2.14 bits per heavy atom. The number of ether oxygens (including phenoxy) is 1. The third-order valence-electron chi connectivity index (χ3n) is 7.87. The van der Waals surface area contributed by atoms with Crippen LogP contribution in [0, 0.1) is 0 Å². The lowest BCUT2D eigenvalue weighted by Gasteiger charge is -2.36. The summed E-state index contributed by atoms with van der Waals surface area (Å²) in [6, 6.07) is 22.6. The molecule has 196 valence electrons. The predicted molar refractivity (Wildman–Crippen MR) is 153 cm³/mol. The minimum absolute atomic E-state index is 0.131. The molecule has 0 saturated carbocycles. The molecule has 2 aliphatic rings. The van der Waals surface area contributed by atoms with Gasteiger partial charge in [0.05, 0.1) is 6.61 Å². The van der Waals surface area contributed by atoms with Crippen molar-refractivity contribution in [2.45, 2.75) is 44.9 Å². The molecule has 2 heterocycles. The minimum atomic E-state index is 0.131. The lowest BCUT2D eigenvalue weighted by Crippen LogP contribution is -2.48. The standard InChI is InChI=1S/C32H41N3O2/c36-32(31-14-9-12-27-11-5-6-13-30(27)31)35-24-22-34(23-25-35)28-15-17-29(18-16-28)37-26-10-21-33-19-7-3-1-2-4-8-20-33/h5-6,9,11-18H,1-4,7-8,10,19-26H2. The quantitative estimate of drug-likeness (QED) is 0.361. The summed E-state index contributed by atoms with van der Waals surface area (Å²) < 4.78 is 6.05. The van der Waals surface area contributed by atoms with E-state index < -0.39 is 0 Å². The highest BCUT2D eigenvalue weighted by Gasteiger charge is 2.23. The molecular weight excluding hydrogens is 458 g/mol. The van der Waals surface area contributed by atoms with Gasteiger partial charge in [0.1, 0.15) is 5.75 Å². The van der Waals surface area contributed by atoms with Gasteiger partial charge in [-0.05, 0) is 73.5 Å². The Labute approximate surface area is 222 Å². The molecule has 1 amide bonds. The zero-order valence-corrected chi connectivity index (χ0v) is 22.1. The molecule has 0 unspecified atom stereocenters. The fourth-order valence-electron chi connectivity index (χ4n) is 5.69. The molecule has 5 rings (SSSR count). The number of fused-ring (bicyclic) bond motifs is 1. The molecule has 0 aromatic heterocycles. The van der Waals surface area contributed by atoms with Crippen LogP contribution in [0.15, 0.2) is 66.7 Å². The smallest absolute Gasteiger partial charge is 0.254 e. The van der Waals surface area contributed by atoms with Crippen molar-refractivity contribution in [2.24, 2.45) is 0 Å². The van der Waals surface area contributed by atoms with Gasteiger partial charge in [0, 0.05) is 44.0 Å². The fourth-order valence-corrected chi connectivity index (χ4v) is 5.69. The molecule has 0 spiro atoms. The van der Waals surface area contributed by atoms with Gasteiger partial charge in [-0.3, -0.25) is 4.79 Å². The molecule has 0 N–H and O–H groups in total. The predicted octanol–water partition coefficient (Wildman–Crippen LogP) is 6.23. The van der Waals surface area contributed by atoms with Crippen LogP contribution in [-0.4, -0.2) is 68.1 Å². The summed E-state index contributed by atoms with van der Waals surface area (Å²) in [7, 11) is 0. The van der Waals surface area contributed by atoms with Crippen LogP contribution in [0.5, 0.6) is 5.75 Å². The van der Waals surface area contributed by atoms with E-state index in [9.17, 15) is 4.79 Å². The van der Waals surface area contributed by atoms with Crippen LogP contribution in [-0.2, 0) is 0 Å². The van der Waals surface area contributed by atoms with Crippen molar-refractivity contribution in [1.29, 1.82) is 0 Å². The average molecular weight is 500 g/mol. The summed E-state index contributed by atoms with van der Waals surface area (Å²) in [6.45, 7) is 7.54. The first-order chi connectivity index (χ1) is 18.3. The van der Waals surface area contributed by atoms with Crippen molar-refractivity contribution in [3.05, 3.63) is 72.3 Å². The zero-order valence-electron chi connectivity index (χ0n) is 22.1. The maximum Gasteiger partial charge on any atom is 0.254 e. The molecule has 0 bridgehead atoms. The van der Waals surface area contributed by atoms with E-state index in [1.807, 2.05) is 35.2 Å². The second-order valence-corrected chi connectivity index (χ2v) is 10.5. The van der Waals surface area contributed by atoms with Crippen LogP contribution in [0.3, 0.4) is 0 Å². The number of hydrogen-bond acceptors (Lipinski definition) is 4. The summed E-state index contributed by atoms with van der Waals surface area (Å²) in [6.07, 6.45) is 9.35. The van der Waals surface area contributed by atoms with Crippen LogP contribution in [0.25, 0.3) is 10.8 Å². The Morgan fingerprint density at radius 2 is 1.38 bits per heavy atom. The van der Waals surface area contributed by atoms with E-state index in [0.29, 0.717) is 0 Å². The van der Waals surface area contributed by atoms with Crippen molar-refractivity contribution in [1.82, 2.24) is 9.80 Å². The van der Waals surface area contributed by atoms with Crippen LogP contribution in [0.1, 0.15) is 55.3 Å². The first-order valence-corrected chi connectivity index (χ1v) is 14.3. The molecule has 5 nitrogen and oxygen atoms in total. The maximum absolute atomic E-state index is 13.3. The Morgan fingerprint density at radius 1 is 0.703 bits per heavy atom. The van der Waals surface area contributed by atoms with Crippen molar-refractivity contribution in [2.75, 3.05) is 57.3 Å². The first kappa shape index (κ1) is 25.6. The largest absolute Gasteiger partial charge is 0.494 e. The second-order valence-electron chi connectivity index (χ2n) is 10.5. The van der Waals surface area contributed by atoms with E-state index >= 15 is 0 Å². The van der Waals surface area contributed by atoms with Gasteiger partial charge < -0.3 is 19.4 Å². The van der Waals surface area contributed by atoms with Crippen molar-refractivity contribution in [3.8, 4) is 5.75 Å². The topological polar surface area (TPSA) is 36.0 Å². The summed E-state index contributed by atoms with van der Waals surface area (Å²) >= 11 is 0. The van der Waals surface area contributed by atoms with E-state index in [1.54, 1.807) is 0 Å². The molecule has 0 atom stereocenters. The van der Waals surface area contributed by atoms with Gasteiger partial charge >= 0.3 is 0 Å². The van der Waals surface area contributed by atoms with Crippen LogP contribution in [0.4, 0.5) is 5.69 Å². The number of anilines is 1. The van der Waals surface area contributed by atoms with Crippen molar-refractivity contribution in [3.63, 3.8) is 0 Å². The molecule has 2 aliphatic heterocycles. The molecule has 2 fully saturated rings. The maximum atomic E-state index is 13.3. The Balaban J connectivity index is 1.07. The minimum Gasteiger partial charge on any atom is -0.494 e. The SMILES string of the molecule is O=C(c1cccc2ccccc12)N1CCN(c2ccc(OCCCN3CCCCCCCC3)cc2)CC1. The van der Waals surface area contributed by atoms with Crippen molar-refractivity contribution < 1.29 is 9.53 Å². The van der Waals surface area contributed by atoms with Crippen LogP contribution >= 0.6 is 0 Å². The van der Waals surface area contributed by atoms with E-state index in [-0.39, 0.29) is 5.91 Å². The van der Waals surface area contributed by atoms with Gasteiger partial charge in [0.25, 0.3) is 5.91 Å². The summed E-state index contributed by atoms with van der Waals surface area (Å²) in [5, 5.41) is 2.15. The van der Waals surface area contributed by atoms with Gasteiger partial charge in [0.2, 0.25) is 0 Å². The normalized spacial score (nSPS) is 17.7. The first-order valence-electron chi connectivity index (χ1n) is 14.3. The van der Waals surface area contributed by atoms with Gasteiger partial charge in [-0.25, -0.2) is 0 Å². The van der Waals surface area contributed by atoms with E-state index in [1.165, 1.54) is 57.3 Å². The molecule has 0 aliphatic carbocycles. The number of carbonyl (C=O) groups excluding carboxylic acids is 1. The number of hydrogen-bond donors (Lipinski definition) is 0. The van der Waals surface area contributed by atoms with Gasteiger partial charge in [-0.15, -0.1) is 0 Å². The molecule has 0 radical (unpaired) electrons. The van der Waals surface area contributed by atoms with E-state index in [4.69, 9.17) is 4.74 Å². The summed E-state index contributed by atoms with van der Waals surface area (Å²) in [5.74, 6) is 1.07. The van der Waals surface area contributed by atoms with Crippen molar-refractivity contribution >= 4 is 22.4 Å². The third kappa shape index (κ3) is 6.84.